The summed E-state index contributed by atoms with van der Waals surface area (Å²) in [6.45, 7) is 1.40. The van der Waals surface area contributed by atoms with Gasteiger partial charge < -0.3 is 14.8 Å². The molecular weight excluding hydrogens is 340 g/mol. The summed E-state index contributed by atoms with van der Waals surface area (Å²) in [4.78, 5) is 33.8. The van der Waals surface area contributed by atoms with Gasteiger partial charge >= 0.3 is 115 Å². The summed E-state index contributed by atoms with van der Waals surface area (Å²) in [7, 11) is 2.36. The Morgan fingerprint density at radius 3 is 1.77 bits per heavy atom. The molecule has 8 heteroatoms. The second kappa shape index (κ2) is 13.0. The summed E-state index contributed by atoms with van der Waals surface area (Å²) in [5, 5.41) is 2.61. The molecule has 6 nitrogen and oxygen atoms in total. The Morgan fingerprint density at radius 2 is 1.41 bits per heavy atom. The third kappa shape index (κ3) is 8.48. The van der Waals surface area contributed by atoms with Crippen molar-refractivity contribution in [3.05, 3.63) is 35.4 Å². The molecule has 0 bridgehead atoms. The largest absolute Gasteiger partial charge is 1.00 e. The molecule has 0 fully saturated rings. The van der Waals surface area contributed by atoms with E-state index in [0.29, 0.717) is 11.3 Å². The van der Waals surface area contributed by atoms with Gasteiger partial charge in [0.05, 0.1) is 14.2 Å². The molecule has 0 aromatic heterocycles. The van der Waals surface area contributed by atoms with E-state index in [1.165, 1.54) is 27.2 Å². The van der Waals surface area contributed by atoms with Crippen molar-refractivity contribution in [2.45, 2.75) is 6.92 Å². The molecule has 0 unspecified atom stereocenters. The van der Waals surface area contributed by atoms with Gasteiger partial charge in [-0.1, -0.05) is 12.1 Å². The second-order valence-corrected chi connectivity index (χ2v) is 3.84. The van der Waals surface area contributed by atoms with E-state index in [-0.39, 0.29) is 114 Å². The fraction of sp³-hybridized carbons (Fsp3) is 0.214. The molecule has 0 radical (unpaired) electrons. The minimum atomic E-state index is -0.775. The number of nitrogens with one attached hydrogen (secondary N) is 1. The topological polar surface area (TPSA) is 81.7 Å². The summed E-state index contributed by atoms with van der Waals surface area (Å²) in [5.74, 6) is -1.73. The fourth-order valence-electron chi connectivity index (χ4n) is 1.45. The summed E-state index contributed by atoms with van der Waals surface area (Å²) in [6.07, 6.45) is 1.36. The van der Waals surface area contributed by atoms with E-state index in [4.69, 9.17) is 0 Å². The van der Waals surface area contributed by atoms with E-state index in [0.717, 1.165) is 0 Å². The summed E-state index contributed by atoms with van der Waals surface area (Å²) in [6, 6.07) is 6.60. The number of anilines is 1. The molecule has 0 saturated heterocycles. The Hall–Kier alpha value is 0.643. The molecule has 1 N–H and O–H groups in total. The second-order valence-electron chi connectivity index (χ2n) is 3.84. The van der Waals surface area contributed by atoms with Crippen LogP contribution < -0.4 is 108 Å². The van der Waals surface area contributed by atoms with Gasteiger partial charge in [0.1, 0.15) is 5.57 Å². The van der Waals surface area contributed by atoms with Gasteiger partial charge in [-0.3, -0.25) is 4.79 Å². The Morgan fingerprint density at radius 1 is 0.955 bits per heavy atom. The van der Waals surface area contributed by atoms with E-state index in [9.17, 15) is 14.4 Å². The Bertz CT molecular complexity index is 537. The number of ether oxygens (including phenoxy) is 2. The van der Waals surface area contributed by atoms with Gasteiger partial charge in [0.15, 0.2) is 0 Å². The standard InChI is InChI=1S/C14H15NO5.2K/c1-9(16)15-11-6-4-10(5-7-11)8-12(13(17)19-2)14(18)20-3;;/h4-8H,1-3H3,(H,15,16);;/q;2*+1. The number of hydrogen-bond acceptors (Lipinski definition) is 5. The number of carbonyl (C=O) groups is 3. The molecule has 0 aliphatic carbocycles. The van der Waals surface area contributed by atoms with Crippen LogP contribution in [0, 0.1) is 0 Å². The maximum absolute atomic E-state index is 11.5. The number of amides is 1. The van der Waals surface area contributed by atoms with E-state index in [1.54, 1.807) is 24.3 Å². The first-order chi connectivity index (χ1) is 9.47. The molecular formula is C14H15K2NO5+2. The van der Waals surface area contributed by atoms with Crippen LogP contribution in [-0.2, 0) is 23.9 Å². The molecule has 0 atom stereocenters. The molecule has 0 spiro atoms. The first-order valence-corrected chi connectivity index (χ1v) is 5.74. The van der Waals surface area contributed by atoms with Crippen LogP contribution >= 0.6 is 0 Å². The molecule has 22 heavy (non-hydrogen) atoms. The van der Waals surface area contributed by atoms with Crippen molar-refractivity contribution in [2.24, 2.45) is 0 Å². The number of rotatable bonds is 4. The molecule has 1 aromatic rings. The zero-order valence-electron chi connectivity index (χ0n) is 13.4. The maximum atomic E-state index is 11.5. The van der Waals surface area contributed by atoms with Gasteiger partial charge in [0, 0.05) is 12.6 Å². The monoisotopic (exact) mass is 355 g/mol. The van der Waals surface area contributed by atoms with Crippen LogP contribution in [0.5, 0.6) is 0 Å². The molecule has 0 saturated carbocycles. The molecule has 0 aliphatic heterocycles. The number of esters is 2. The number of hydrogen-bond donors (Lipinski definition) is 1. The quantitative estimate of drug-likeness (QED) is 0.193. The average molecular weight is 355 g/mol. The van der Waals surface area contributed by atoms with Crippen molar-refractivity contribution in [2.75, 3.05) is 19.5 Å². The van der Waals surface area contributed by atoms with E-state index in [2.05, 4.69) is 14.8 Å². The third-order valence-corrected chi connectivity index (χ3v) is 2.35. The zero-order chi connectivity index (χ0) is 15.1. The molecule has 1 rings (SSSR count). The number of benzene rings is 1. The van der Waals surface area contributed by atoms with Gasteiger partial charge in [-0.05, 0) is 23.8 Å². The van der Waals surface area contributed by atoms with Crippen LogP contribution in [0.1, 0.15) is 12.5 Å². The molecule has 0 aliphatic rings. The molecule has 0 heterocycles. The van der Waals surface area contributed by atoms with Gasteiger partial charge in [0.2, 0.25) is 5.91 Å². The predicted molar refractivity (Wildman–Crippen MR) is 72.8 cm³/mol. The third-order valence-electron chi connectivity index (χ3n) is 2.35. The SMILES string of the molecule is COC(=O)C(=Cc1ccc(NC(C)=O)cc1)C(=O)OC.[K+].[K+]. The van der Waals surface area contributed by atoms with Gasteiger partial charge in [-0.15, -0.1) is 0 Å². The predicted octanol–water partition coefficient (Wildman–Crippen LogP) is -4.62. The molecule has 1 amide bonds. The maximum Gasteiger partial charge on any atom is 1.00 e. The van der Waals surface area contributed by atoms with Crippen molar-refractivity contribution in [3.63, 3.8) is 0 Å². The zero-order valence-corrected chi connectivity index (χ0v) is 19.7. The normalized spacial score (nSPS) is 8.50. The van der Waals surface area contributed by atoms with Crippen LogP contribution in [0.15, 0.2) is 29.8 Å². The van der Waals surface area contributed by atoms with Gasteiger partial charge in [-0.25, -0.2) is 9.59 Å². The van der Waals surface area contributed by atoms with E-state index < -0.39 is 11.9 Å². The Kier molecular flexibility index (Phi) is 14.7. The van der Waals surface area contributed by atoms with Crippen molar-refractivity contribution < 1.29 is 127 Å². The van der Waals surface area contributed by atoms with Crippen molar-refractivity contribution in [3.8, 4) is 0 Å². The van der Waals surface area contributed by atoms with E-state index >= 15 is 0 Å². The van der Waals surface area contributed by atoms with Crippen LogP contribution in [0.2, 0.25) is 0 Å². The summed E-state index contributed by atoms with van der Waals surface area (Å²) < 4.78 is 9.04. The van der Waals surface area contributed by atoms with E-state index in [1.807, 2.05) is 0 Å². The Balaban J connectivity index is 0. The smallest absolute Gasteiger partial charge is 0.465 e. The number of methoxy groups -OCH3 is 2. The van der Waals surface area contributed by atoms with Crippen molar-refractivity contribution >= 4 is 29.6 Å². The molecule has 1 aromatic carbocycles. The minimum absolute atomic E-state index is 0. The first kappa shape index (κ1) is 24.9. The summed E-state index contributed by atoms with van der Waals surface area (Å²) in [5.41, 5.74) is 1.01. The Labute approximate surface area is 214 Å². The van der Waals surface area contributed by atoms with Crippen LogP contribution in [-0.4, -0.2) is 32.1 Å². The van der Waals surface area contributed by atoms with Crippen LogP contribution in [0.3, 0.4) is 0 Å². The van der Waals surface area contributed by atoms with Crippen molar-refractivity contribution in [1.29, 1.82) is 0 Å². The van der Waals surface area contributed by atoms with Gasteiger partial charge in [-0.2, -0.15) is 0 Å². The van der Waals surface area contributed by atoms with Crippen LogP contribution in [0.4, 0.5) is 5.69 Å². The average Bonchev–Trinajstić information content (AvgIpc) is 2.44. The molecule has 106 valence electrons. The van der Waals surface area contributed by atoms with Gasteiger partial charge in [0.25, 0.3) is 0 Å². The number of carbonyl (C=O) groups excluding carboxylic acids is 3. The minimum Gasteiger partial charge on any atom is -0.465 e. The fourth-order valence-corrected chi connectivity index (χ4v) is 1.45. The first-order valence-electron chi connectivity index (χ1n) is 5.74. The summed E-state index contributed by atoms with van der Waals surface area (Å²) >= 11 is 0. The van der Waals surface area contributed by atoms with Crippen LogP contribution in [0.25, 0.3) is 6.08 Å². The van der Waals surface area contributed by atoms with Crippen molar-refractivity contribution in [1.82, 2.24) is 0 Å².